The first-order valence-corrected chi connectivity index (χ1v) is 7.84. The molecule has 1 aromatic heterocycles. The fraction of sp³-hybridized carbons (Fsp3) is 0.235. The van der Waals surface area contributed by atoms with Gasteiger partial charge in [-0.3, -0.25) is 4.79 Å². The van der Waals surface area contributed by atoms with E-state index in [-0.39, 0.29) is 5.91 Å². The predicted molar refractivity (Wildman–Crippen MR) is 88.5 cm³/mol. The lowest BCUT2D eigenvalue weighted by atomic mass is 10.1. The van der Waals surface area contributed by atoms with Crippen LogP contribution in [0.25, 0.3) is 0 Å². The minimum Gasteiger partial charge on any atom is -0.465 e. The highest BCUT2D eigenvalue weighted by atomic mass is 32.1. The summed E-state index contributed by atoms with van der Waals surface area (Å²) in [6.45, 7) is 1.67. The number of nitrogens with one attached hydrogen (secondary N) is 1. The Hall–Kier alpha value is -2.65. The van der Waals surface area contributed by atoms with Crippen molar-refractivity contribution in [1.82, 2.24) is 0 Å². The third-order valence-electron chi connectivity index (χ3n) is 3.37. The first kappa shape index (κ1) is 16.7. The standard InChI is InChI=1S/C17H16N2O3S/c1-11-13(10-18)16(23-15(11)17(21)22-2)19-14(20)9-8-12-6-4-3-5-7-12/h3-7H,8-9H2,1-2H3,(H,19,20). The first-order chi connectivity index (χ1) is 11.1. The highest BCUT2D eigenvalue weighted by Crippen LogP contribution is 2.33. The molecule has 0 aliphatic carbocycles. The summed E-state index contributed by atoms with van der Waals surface area (Å²) >= 11 is 1.06. The maximum absolute atomic E-state index is 12.1. The van der Waals surface area contributed by atoms with Crippen LogP contribution in [0.5, 0.6) is 0 Å². The second-order valence-corrected chi connectivity index (χ2v) is 5.92. The maximum Gasteiger partial charge on any atom is 0.348 e. The van der Waals surface area contributed by atoms with Crippen molar-refractivity contribution >= 4 is 28.2 Å². The highest BCUT2D eigenvalue weighted by molar-refractivity contribution is 7.18. The van der Waals surface area contributed by atoms with E-state index in [1.54, 1.807) is 6.92 Å². The summed E-state index contributed by atoms with van der Waals surface area (Å²) in [5.41, 5.74) is 1.91. The van der Waals surface area contributed by atoms with Crippen molar-refractivity contribution < 1.29 is 14.3 Å². The van der Waals surface area contributed by atoms with E-state index in [0.29, 0.717) is 33.8 Å². The number of rotatable bonds is 5. The maximum atomic E-state index is 12.1. The number of aryl methyl sites for hydroxylation is 1. The van der Waals surface area contributed by atoms with E-state index in [1.165, 1.54) is 7.11 Å². The molecule has 0 aliphatic rings. The van der Waals surface area contributed by atoms with Crippen LogP contribution < -0.4 is 5.32 Å². The number of nitriles is 1. The number of anilines is 1. The zero-order valence-electron chi connectivity index (χ0n) is 12.9. The summed E-state index contributed by atoms with van der Waals surface area (Å²) in [5, 5.41) is 12.4. The van der Waals surface area contributed by atoms with Gasteiger partial charge >= 0.3 is 5.97 Å². The van der Waals surface area contributed by atoms with Crippen LogP contribution in [0.15, 0.2) is 30.3 Å². The van der Waals surface area contributed by atoms with Gasteiger partial charge in [0.15, 0.2) is 0 Å². The molecule has 0 atom stereocenters. The molecule has 23 heavy (non-hydrogen) atoms. The summed E-state index contributed by atoms with van der Waals surface area (Å²) in [4.78, 5) is 24.1. The average molecular weight is 328 g/mol. The molecule has 0 aliphatic heterocycles. The molecule has 0 unspecified atom stereocenters. The Bertz CT molecular complexity index is 760. The fourth-order valence-electron chi connectivity index (χ4n) is 2.12. The van der Waals surface area contributed by atoms with Gasteiger partial charge in [-0.2, -0.15) is 5.26 Å². The van der Waals surface area contributed by atoms with Gasteiger partial charge in [0.25, 0.3) is 0 Å². The van der Waals surface area contributed by atoms with Gasteiger partial charge in [0.05, 0.1) is 12.7 Å². The van der Waals surface area contributed by atoms with Crippen molar-refractivity contribution in [2.45, 2.75) is 19.8 Å². The van der Waals surface area contributed by atoms with Gasteiger partial charge in [-0.05, 0) is 24.5 Å². The number of ether oxygens (including phenoxy) is 1. The predicted octanol–water partition coefficient (Wildman–Crippen LogP) is 3.29. The monoisotopic (exact) mass is 328 g/mol. The molecule has 0 saturated heterocycles. The smallest absolute Gasteiger partial charge is 0.348 e. The Labute approximate surface area is 138 Å². The van der Waals surface area contributed by atoms with Crippen molar-refractivity contribution in [3.8, 4) is 6.07 Å². The Kier molecular flexibility index (Phi) is 5.50. The van der Waals surface area contributed by atoms with Gasteiger partial charge in [-0.15, -0.1) is 11.3 Å². The lowest BCUT2D eigenvalue weighted by Gasteiger charge is -2.03. The van der Waals surface area contributed by atoms with Crippen molar-refractivity contribution in [1.29, 1.82) is 5.26 Å². The van der Waals surface area contributed by atoms with Crippen LogP contribution in [0.3, 0.4) is 0 Å². The number of nitrogens with zero attached hydrogens (tertiary/aromatic N) is 1. The number of hydrogen-bond acceptors (Lipinski definition) is 5. The number of amides is 1. The molecule has 1 amide bonds. The third kappa shape index (κ3) is 3.96. The molecule has 5 nitrogen and oxygen atoms in total. The molecule has 0 bridgehead atoms. The molecular weight excluding hydrogens is 312 g/mol. The molecule has 2 aromatic rings. The van der Waals surface area contributed by atoms with Gasteiger partial charge in [0.1, 0.15) is 15.9 Å². The van der Waals surface area contributed by atoms with E-state index in [4.69, 9.17) is 0 Å². The molecular formula is C17H16N2O3S. The molecule has 1 aromatic carbocycles. The van der Waals surface area contributed by atoms with E-state index in [1.807, 2.05) is 36.4 Å². The Morgan fingerprint density at radius 2 is 2.00 bits per heavy atom. The molecule has 1 heterocycles. The number of carbonyl (C=O) groups is 2. The fourth-order valence-corrected chi connectivity index (χ4v) is 3.21. The quantitative estimate of drug-likeness (QED) is 0.854. The van der Waals surface area contributed by atoms with E-state index in [9.17, 15) is 14.9 Å². The average Bonchev–Trinajstić information content (AvgIpc) is 2.88. The third-order valence-corrected chi connectivity index (χ3v) is 4.55. The first-order valence-electron chi connectivity index (χ1n) is 7.02. The summed E-state index contributed by atoms with van der Waals surface area (Å²) < 4.78 is 4.69. The van der Waals surface area contributed by atoms with Crippen molar-refractivity contribution in [2.24, 2.45) is 0 Å². The topological polar surface area (TPSA) is 79.2 Å². The van der Waals surface area contributed by atoms with Gasteiger partial charge < -0.3 is 10.1 Å². The van der Waals surface area contributed by atoms with Crippen LogP contribution in [-0.4, -0.2) is 19.0 Å². The Morgan fingerprint density at radius 1 is 1.30 bits per heavy atom. The lowest BCUT2D eigenvalue weighted by Crippen LogP contribution is -2.12. The van der Waals surface area contributed by atoms with E-state index in [2.05, 4.69) is 10.1 Å². The Balaban J connectivity index is 2.09. The molecule has 1 N–H and O–H groups in total. The molecule has 118 valence electrons. The zero-order chi connectivity index (χ0) is 16.8. The van der Waals surface area contributed by atoms with Crippen LogP contribution in [-0.2, 0) is 16.0 Å². The zero-order valence-corrected chi connectivity index (χ0v) is 13.7. The summed E-state index contributed by atoms with van der Waals surface area (Å²) in [6.07, 6.45) is 0.919. The normalized spacial score (nSPS) is 9.96. The molecule has 0 saturated carbocycles. The largest absolute Gasteiger partial charge is 0.465 e. The summed E-state index contributed by atoms with van der Waals surface area (Å²) in [6, 6.07) is 11.7. The van der Waals surface area contributed by atoms with E-state index >= 15 is 0 Å². The van der Waals surface area contributed by atoms with Crippen molar-refractivity contribution in [3.05, 3.63) is 51.9 Å². The number of methoxy groups -OCH3 is 1. The van der Waals surface area contributed by atoms with Gasteiger partial charge in [0.2, 0.25) is 5.91 Å². The molecule has 2 rings (SSSR count). The van der Waals surface area contributed by atoms with Crippen molar-refractivity contribution in [3.63, 3.8) is 0 Å². The van der Waals surface area contributed by atoms with Crippen LogP contribution in [0.2, 0.25) is 0 Å². The van der Waals surface area contributed by atoms with E-state index in [0.717, 1.165) is 16.9 Å². The van der Waals surface area contributed by atoms with Crippen LogP contribution in [0.4, 0.5) is 5.00 Å². The molecule has 6 heteroatoms. The second-order valence-electron chi connectivity index (χ2n) is 4.90. The van der Waals surface area contributed by atoms with E-state index < -0.39 is 5.97 Å². The molecule has 0 fully saturated rings. The Morgan fingerprint density at radius 3 is 2.61 bits per heavy atom. The van der Waals surface area contributed by atoms with Gasteiger partial charge in [-0.1, -0.05) is 30.3 Å². The molecule has 0 radical (unpaired) electrons. The summed E-state index contributed by atoms with van der Waals surface area (Å²) in [7, 11) is 1.28. The van der Waals surface area contributed by atoms with Crippen LogP contribution in [0.1, 0.15) is 32.8 Å². The number of hydrogen-bond donors (Lipinski definition) is 1. The van der Waals surface area contributed by atoms with Crippen molar-refractivity contribution in [2.75, 3.05) is 12.4 Å². The number of benzene rings is 1. The van der Waals surface area contributed by atoms with Gasteiger partial charge in [-0.25, -0.2) is 4.79 Å². The number of thiophene rings is 1. The lowest BCUT2D eigenvalue weighted by molar-refractivity contribution is -0.116. The minimum atomic E-state index is -0.506. The van der Waals surface area contributed by atoms with Crippen LogP contribution in [0, 0.1) is 18.3 Å². The molecule has 0 spiro atoms. The summed E-state index contributed by atoms with van der Waals surface area (Å²) in [5.74, 6) is -0.697. The van der Waals surface area contributed by atoms with Gasteiger partial charge in [0, 0.05) is 6.42 Å². The second kappa shape index (κ2) is 7.56. The highest BCUT2D eigenvalue weighted by Gasteiger charge is 2.21. The minimum absolute atomic E-state index is 0.192. The SMILES string of the molecule is COC(=O)c1sc(NC(=O)CCc2ccccc2)c(C#N)c1C. The van der Waals surface area contributed by atoms with Crippen LogP contribution >= 0.6 is 11.3 Å². The number of esters is 1. The number of carbonyl (C=O) groups excluding carboxylic acids is 2.